The number of benzene rings is 1. The molecule has 0 radical (unpaired) electrons. The summed E-state index contributed by atoms with van der Waals surface area (Å²) in [6.07, 6.45) is 2.24. The van der Waals surface area contributed by atoms with Crippen LogP contribution in [0.2, 0.25) is 0 Å². The molecule has 0 atom stereocenters. The summed E-state index contributed by atoms with van der Waals surface area (Å²) in [5, 5.41) is 11.9. The van der Waals surface area contributed by atoms with Gasteiger partial charge in [-0.1, -0.05) is 12.1 Å². The van der Waals surface area contributed by atoms with Crippen LogP contribution in [0.5, 0.6) is 0 Å². The molecule has 1 aromatic rings. The quantitative estimate of drug-likeness (QED) is 0.764. The molecule has 1 amide bonds. The Morgan fingerprint density at radius 2 is 2.31 bits per heavy atom. The number of carbonyl (C=O) groups excluding carboxylic acids is 1. The predicted octanol–water partition coefficient (Wildman–Crippen LogP) is 1.55. The van der Waals surface area contributed by atoms with Crippen molar-refractivity contribution in [3.63, 3.8) is 0 Å². The van der Waals surface area contributed by atoms with Gasteiger partial charge < -0.3 is 10.4 Å². The van der Waals surface area contributed by atoms with Gasteiger partial charge in [0.15, 0.2) is 0 Å². The van der Waals surface area contributed by atoms with E-state index < -0.39 is 0 Å². The molecule has 1 aromatic carbocycles. The van der Waals surface area contributed by atoms with E-state index in [0.717, 1.165) is 23.3 Å². The number of rotatable bonds is 5. The van der Waals surface area contributed by atoms with E-state index in [-0.39, 0.29) is 12.5 Å². The molecule has 2 rings (SSSR count). The summed E-state index contributed by atoms with van der Waals surface area (Å²) in [6.45, 7) is 0.0443. The second-order valence-electron chi connectivity index (χ2n) is 3.94. The molecule has 16 heavy (non-hydrogen) atoms. The molecular weight excluding hydrogens is 222 g/mol. The fourth-order valence-corrected chi connectivity index (χ4v) is 2.17. The lowest BCUT2D eigenvalue weighted by molar-refractivity contribution is -0.118. The minimum absolute atomic E-state index is 0.0443. The van der Waals surface area contributed by atoms with Crippen LogP contribution in [-0.2, 0) is 11.4 Å². The van der Waals surface area contributed by atoms with Gasteiger partial charge in [0.2, 0.25) is 5.91 Å². The smallest absolute Gasteiger partial charge is 0.230 e. The van der Waals surface area contributed by atoms with Gasteiger partial charge in [-0.2, -0.15) is 0 Å². The van der Waals surface area contributed by atoms with Crippen LogP contribution in [-0.4, -0.2) is 22.8 Å². The Hall–Kier alpha value is -1.00. The Labute approximate surface area is 99.2 Å². The average Bonchev–Trinajstić information content (AvgIpc) is 3.10. The van der Waals surface area contributed by atoms with Crippen molar-refractivity contribution in [2.45, 2.75) is 30.4 Å². The number of hydrogen-bond acceptors (Lipinski definition) is 3. The summed E-state index contributed by atoms with van der Waals surface area (Å²) in [5.41, 5.74) is 0.882. The summed E-state index contributed by atoms with van der Waals surface area (Å²) in [7, 11) is 0. The Balaban J connectivity index is 1.80. The van der Waals surface area contributed by atoms with Crippen LogP contribution >= 0.6 is 11.8 Å². The Morgan fingerprint density at radius 3 is 3.00 bits per heavy atom. The van der Waals surface area contributed by atoms with Gasteiger partial charge in [-0.25, -0.2) is 0 Å². The van der Waals surface area contributed by atoms with Crippen molar-refractivity contribution < 1.29 is 9.90 Å². The van der Waals surface area contributed by atoms with Crippen LogP contribution < -0.4 is 5.32 Å². The highest BCUT2D eigenvalue weighted by Crippen LogP contribution is 2.21. The molecule has 4 heteroatoms. The van der Waals surface area contributed by atoms with Gasteiger partial charge in [-0.05, 0) is 30.5 Å². The fourth-order valence-electron chi connectivity index (χ4n) is 1.38. The molecule has 0 aromatic heterocycles. The van der Waals surface area contributed by atoms with E-state index in [1.807, 2.05) is 24.3 Å². The number of thioether (sulfide) groups is 1. The highest BCUT2D eigenvalue weighted by Gasteiger charge is 2.22. The van der Waals surface area contributed by atoms with Crippen LogP contribution in [0.1, 0.15) is 18.4 Å². The van der Waals surface area contributed by atoms with Gasteiger partial charge in [0.25, 0.3) is 0 Å². The number of hydrogen-bond donors (Lipinski definition) is 2. The standard InChI is InChI=1S/C12H15NO2S/c14-7-9-2-1-3-11(6-9)16-8-12(15)13-10-4-5-10/h1-3,6,10,14H,4-5,7-8H2,(H,13,15). The molecule has 2 N–H and O–H groups in total. The molecule has 1 aliphatic rings. The third-order valence-corrected chi connectivity index (χ3v) is 3.39. The zero-order valence-electron chi connectivity index (χ0n) is 8.98. The normalized spacial score (nSPS) is 14.8. The molecule has 0 heterocycles. The Kier molecular flexibility index (Phi) is 3.85. The zero-order valence-corrected chi connectivity index (χ0v) is 9.80. The summed E-state index contributed by atoms with van der Waals surface area (Å²) < 4.78 is 0. The molecular formula is C12H15NO2S. The second kappa shape index (κ2) is 5.37. The van der Waals surface area contributed by atoms with Crippen LogP contribution in [0.15, 0.2) is 29.2 Å². The average molecular weight is 237 g/mol. The number of nitrogens with one attached hydrogen (secondary N) is 1. The molecule has 3 nitrogen and oxygen atoms in total. The molecule has 0 aliphatic heterocycles. The van der Waals surface area contributed by atoms with E-state index in [1.54, 1.807) is 0 Å². The Bertz CT molecular complexity index is 377. The first-order chi connectivity index (χ1) is 7.78. The highest BCUT2D eigenvalue weighted by atomic mass is 32.2. The molecule has 0 saturated heterocycles. The lowest BCUT2D eigenvalue weighted by Gasteiger charge is -2.04. The van der Waals surface area contributed by atoms with Crippen LogP contribution in [0.4, 0.5) is 0 Å². The van der Waals surface area contributed by atoms with Crippen molar-refractivity contribution in [2.75, 3.05) is 5.75 Å². The van der Waals surface area contributed by atoms with Crippen molar-refractivity contribution in [3.8, 4) is 0 Å². The maximum absolute atomic E-state index is 11.4. The first-order valence-electron chi connectivity index (χ1n) is 5.40. The van der Waals surface area contributed by atoms with Gasteiger partial charge >= 0.3 is 0 Å². The largest absolute Gasteiger partial charge is 0.392 e. The first kappa shape index (κ1) is 11.5. The van der Waals surface area contributed by atoms with Crippen LogP contribution in [0.25, 0.3) is 0 Å². The lowest BCUT2D eigenvalue weighted by atomic mass is 10.2. The molecule has 1 aliphatic carbocycles. The summed E-state index contributed by atoms with van der Waals surface area (Å²) in [4.78, 5) is 12.5. The second-order valence-corrected chi connectivity index (χ2v) is 4.98. The van der Waals surface area contributed by atoms with Crippen molar-refractivity contribution in [2.24, 2.45) is 0 Å². The van der Waals surface area contributed by atoms with E-state index >= 15 is 0 Å². The van der Waals surface area contributed by atoms with Gasteiger partial charge in [0, 0.05) is 10.9 Å². The molecule has 1 fully saturated rings. The number of carbonyl (C=O) groups is 1. The SMILES string of the molecule is O=C(CSc1cccc(CO)c1)NC1CC1. The number of aliphatic hydroxyl groups is 1. The third kappa shape index (κ3) is 3.54. The highest BCUT2D eigenvalue weighted by molar-refractivity contribution is 8.00. The monoisotopic (exact) mass is 237 g/mol. The van der Waals surface area contributed by atoms with E-state index in [0.29, 0.717) is 11.8 Å². The summed E-state index contributed by atoms with van der Waals surface area (Å²) in [5.74, 6) is 0.549. The topological polar surface area (TPSA) is 49.3 Å². The number of aliphatic hydroxyl groups excluding tert-OH is 1. The van der Waals surface area contributed by atoms with E-state index in [9.17, 15) is 4.79 Å². The van der Waals surface area contributed by atoms with Gasteiger partial charge in [-0.3, -0.25) is 4.79 Å². The summed E-state index contributed by atoms with van der Waals surface area (Å²) >= 11 is 1.50. The van der Waals surface area contributed by atoms with Crippen LogP contribution in [0, 0.1) is 0 Å². The fraction of sp³-hybridized carbons (Fsp3) is 0.417. The molecule has 0 bridgehead atoms. The van der Waals surface area contributed by atoms with Crippen molar-refractivity contribution in [3.05, 3.63) is 29.8 Å². The predicted molar refractivity (Wildman–Crippen MR) is 64.3 cm³/mol. The third-order valence-electron chi connectivity index (χ3n) is 2.39. The first-order valence-corrected chi connectivity index (χ1v) is 6.38. The van der Waals surface area contributed by atoms with E-state index in [4.69, 9.17) is 5.11 Å². The summed E-state index contributed by atoms with van der Waals surface area (Å²) in [6, 6.07) is 8.06. The Morgan fingerprint density at radius 1 is 1.50 bits per heavy atom. The molecule has 0 spiro atoms. The minimum Gasteiger partial charge on any atom is -0.392 e. The molecule has 1 saturated carbocycles. The van der Waals surface area contributed by atoms with Gasteiger partial charge in [0.05, 0.1) is 12.4 Å². The van der Waals surface area contributed by atoms with Gasteiger partial charge in [-0.15, -0.1) is 11.8 Å². The minimum atomic E-state index is 0.0443. The molecule has 86 valence electrons. The maximum Gasteiger partial charge on any atom is 0.230 e. The van der Waals surface area contributed by atoms with Crippen molar-refractivity contribution in [1.29, 1.82) is 0 Å². The van der Waals surface area contributed by atoms with Crippen LogP contribution in [0.3, 0.4) is 0 Å². The van der Waals surface area contributed by atoms with Crippen molar-refractivity contribution in [1.82, 2.24) is 5.32 Å². The van der Waals surface area contributed by atoms with E-state index in [1.165, 1.54) is 11.8 Å². The lowest BCUT2D eigenvalue weighted by Crippen LogP contribution is -2.26. The molecule has 0 unspecified atom stereocenters. The maximum atomic E-state index is 11.4. The van der Waals surface area contributed by atoms with E-state index in [2.05, 4.69) is 5.32 Å². The van der Waals surface area contributed by atoms with Crippen molar-refractivity contribution >= 4 is 17.7 Å². The van der Waals surface area contributed by atoms with Gasteiger partial charge in [0.1, 0.15) is 0 Å². The number of amides is 1. The zero-order chi connectivity index (χ0) is 11.4.